The Balaban J connectivity index is 2.11. The molecule has 1 heterocycles. The Morgan fingerprint density at radius 1 is 1.50 bits per heavy atom. The van der Waals surface area contributed by atoms with E-state index in [-0.39, 0.29) is 18.6 Å². The predicted octanol–water partition coefficient (Wildman–Crippen LogP) is 2.03. The summed E-state index contributed by atoms with van der Waals surface area (Å²) < 4.78 is 11.3. The van der Waals surface area contributed by atoms with Crippen LogP contribution in [0.3, 0.4) is 0 Å². The van der Waals surface area contributed by atoms with Gasteiger partial charge in [0, 0.05) is 6.54 Å². The second-order valence-electron chi connectivity index (χ2n) is 3.22. The zero-order valence-electron chi connectivity index (χ0n) is 8.26. The lowest BCUT2D eigenvalue weighted by molar-refractivity contribution is -0.118. The molecule has 2 rings (SSSR count). The van der Waals surface area contributed by atoms with Crippen LogP contribution < -0.4 is 14.8 Å². The lowest BCUT2D eigenvalue weighted by atomic mass is 10.2. The van der Waals surface area contributed by atoms with Crippen LogP contribution in [0, 0.1) is 0 Å². The lowest BCUT2D eigenvalue weighted by Gasteiger charge is -2.06. The molecule has 0 aromatic heterocycles. The van der Waals surface area contributed by atoms with E-state index in [9.17, 15) is 4.79 Å². The molecule has 0 saturated heterocycles. The van der Waals surface area contributed by atoms with E-state index in [1.807, 2.05) is 12.1 Å². The number of ether oxygens (including phenoxy) is 2. The van der Waals surface area contributed by atoms with Crippen molar-refractivity contribution in [3.05, 3.63) is 22.2 Å². The summed E-state index contributed by atoms with van der Waals surface area (Å²) in [5.41, 5.74) is 0.926. The number of halogens is 2. The van der Waals surface area contributed by atoms with Crippen LogP contribution >= 0.6 is 27.5 Å². The summed E-state index contributed by atoms with van der Waals surface area (Å²) in [5, 5.41) is 2.68. The van der Waals surface area contributed by atoms with E-state index in [1.165, 1.54) is 0 Å². The van der Waals surface area contributed by atoms with Crippen molar-refractivity contribution < 1.29 is 14.3 Å². The Kier molecular flexibility index (Phi) is 3.56. The summed E-state index contributed by atoms with van der Waals surface area (Å²) in [4.78, 5) is 11.0. The summed E-state index contributed by atoms with van der Waals surface area (Å²) in [6.45, 7) is 0.645. The van der Waals surface area contributed by atoms with Gasteiger partial charge >= 0.3 is 0 Å². The Morgan fingerprint density at radius 3 is 3.06 bits per heavy atom. The van der Waals surface area contributed by atoms with E-state index < -0.39 is 0 Å². The van der Waals surface area contributed by atoms with Crippen LogP contribution in [0.15, 0.2) is 16.6 Å². The molecule has 0 aliphatic carbocycles. The zero-order valence-corrected chi connectivity index (χ0v) is 10.6. The maximum Gasteiger partial charge on any atom is 0.235 e. The van der Waals surface area contributed by atoms with Crippen molar-refractivity contribution >= 4 is 33.4 Å². The van der Waals surface area contributed by atoms with Crippen molar-refractivity contribution in [1.29, 1.82) is 0 Å². The van der Waals surface area contributed by atoms with Crippen molar-refractivity contribution in [1.82, 2.24) is 5.32 Å². The van der Waals surface area contributed by atoms with Crippen molar-refractivity contribution in [2.45, 2.75) is 6.54 Å². The Labute approximate surface area is 106 Å². The largest absolute Gasteiger partial charge is 0.454 e. The van der Waals surface area contributed by atoms with Gasteiger partial charge < -0.3 is 14.8 Å². The van der Waals surface area contributed by atoms with E-state index in [0.29, 0.717) is 18.0 Å². The zero-order chi connectivity index (χ0) is 11.5. The number of hydrogen-bond acceptors (Lipinski definition) is 3. The number of carbonyl (C=O) groups excluding carboxylic acids is 1. The summed E-state index contributed by atoms with van der Waals surface area (Å²) in [7, 11) is 0. The first-order valence-electron chi connectivity index (χ1n) is 4.61. The molecule has 4 nitrogen and oxygen atoms in total. The van der Waals surface area contributed by atoms with Crippen LogP contribution in [-0.4, -0.2) is 18.6 Å². The first kappa shape index (κ1) is 11.5. The highest BCUT2D eigenvalue weighted by Gasteiger charge is 2.17. The van der Waals surface area contributed by atoms with Gasteiger partial charge in [-0.05, 0) is 33.6 Å². The monoisotopic (exact) mass is 305 g/mol. The predicted molar refractivity (Wildman–Crippen MR) is 62.8 cm³/mol. The SMILES string of the molecule is O=C(CCl)NCc1cc(Br)c2c(c1)OCO2. The molecule has 1 N–H and O–H groups in total. The molecular weight excluding hydrogens is 297 g/mol. The minimum atomic E-state index is -0.199. The van der Waals surface area contributed by atoms with Gasteiger partial charge in [-0.25, -0.2) is 0 Å². The first-order chi connectivity index (χ1) is 7.70. The fourth-order valence-electron chi connectivity index (χ4n) is 1.37. The number of rotatable bonds is 3. The molecule has 0 bridgehead atoms. The minimum Gasteiger partial charge on any atom is -0.454 e. The normalized spacial score (nSPS) is 12.6. The first-order valence-corrected chi connectivity index (χ1v) is 5.94. The smallest absolute Gasteiger partial charge is 0.235 e. The highest BCUT2D eigenvalue weighted by atomic mass is 79.9. The van der Waals surface area contributed by atoms with E-state index in [2.05, 4.69) is 21.2 Å². The van der Waals surface area contributed by atoms with E-state index in [1.54, 1.807) is 0 Å². The second-order valence-corrected chi connectivity index (χ2v) is 4.34. The third-order valence-corrected chi connectivity index (χ3v) is 2.93. The highest BCUT2D eigenvalue weighted by molar-refractivity contribution is 9.10. The topological polar surface area (TPSA) is 47.6 Å². The Hall–Kier alpha value is -0.940. The summed E-state index contributed by atoms with van der Waals surface area (Å²) in [6, 6.07) is 3.71. The number of benzene rings is 1. The molecule has 0 fully saturated rings. The van der Waals surface area contributed by atoms with Crippen LogP contribution in [0.25, 0.3) is 0 Å². The molecule has 0 unspecified atom stereocenters. The number of fused-ring (bicyclic) bond motifs is 1. The minimum absolute atomic E-state index is 0.0360. The van der Waals surface area contributed by atoms with Crippen LogP contribution in [0.5, 0.6) is 11.5 Å². The molecule has 86 valence electrons. The van der Waals surface area contributed by atoms with E-state index >= 15 is 0 Å². The van der Waals surface area contributed by atoms with Crippen LogP contribution in [0.4, 0.5) is 0 Å². The standard InChI is InChI=1S/C10H9BrClNO3/c11-7-1-6(4-13-9(14)3-12)2-8-10(7)16-5-15-8/h1-2H,3-5H2,(H,13,14). The Morgan fingerprint density at radius 2 is 2.31 bits per heavy atom. The summed E-state index contributed by atoms with van der Waals surface area (Å²) in [5.74, 6) is 1.15. The fraction of sp³-hybridized carbons (Fsp3) is 0.300. The van der Waals surface area contributed by atoms with Gasteiger partial charge in [0.05, 0.1) is 4.47 Å². The molecule has 1 aromatic carbocycles. The average molecular weight is 307 g/mol. The van der Waals surface area contributed by atoms with Crippen molar-refractivity contribution in [2.24, 2.45) is 0 Å². The molecule has 1 aliphatic rings. The highest BCUT2D eigenvalue weighted by Crippen LogP contribution is 2.39. The van der Waals surface area contributed by atoms with Gasteiger partial charge in [0.15, 0.2) is 11.5 Å². The molecule has 1 amide bonds. The molecule has 1 aromatic rings. The van der Waals surface area contributed by atoms with Gasteiger partial charge in [-0.15, -0.1) is 11.6 Å². The quantitative estimate of drug-likeness (QED) is 0.869. The van der Waals surface area contributed by atoms with Gasteiger partial charge in [-0.2, -0.15) is 0 Å². The molecule has 0 radical (unpaired) electrons. The van der Waals surface area contributed by atoms with Gasteiger partial charge in [-0.1, -0.05) is 0 Å². The summed E-state index contributed by atoms with van der Waals surface area (Å²) >= 11 is 8.76. The third-order valence-electron chi connectivity index (χ3n) is 2.10. The lowest BCUT2D eigenvalue weighted by Crippen LogP contribution is -2.23. The van der Waals surface area contributed by atoms with Crippen LogP contribution in [-0.2, 0) is 11.3 Å². The van der Waals surface area contributed by atoms with Gasteiger partial charge in [0.1, 0.15) is 5.88 Å². The van der Waals surface area contributed by atoms with Crippen molar-refractivity contribution in [3.63, 3.8) is 0 Å². The van der Waals surface area contributed by atoms with Gasteiger partial charge in [0.25, 0.3) is 0 Å². The number of nitrogens with one attached hydrogen (secondary N) is 1. The second kappa shape index (κ2) is 4.93. The number of alkyl halides is 1. The number of hydrogen-bond donors (Lipinski definition) is 1. The van der Waals surface area contributed by atoms with Crippen LogP contribution in [0.1, 0.15) is 5.56 Å². The van der Waals surface area contributed by atoms with Crippen molar-refractivity contribution in [3.8, 4) is 11.5 Å². The fourth-order valence-corrected chi connectivity index (χ4v) is 2.07. The average Bonchev–Trinajstić information content (AvgIpc) is 2.74. The molecule has 6 heteroatoms. The van der Waals surface area contributed by atoms with E-state index in [4.69, 9.17) is 21.1 Å². The summed E-state index contributed by atoms with van der Waals surface area (Å²) in [6.07, 6.45) is 0. The van der Waals surface area contributed by atoms with E-state index in [0.717, 1.165) is 10.0 Å². The molecule has 1 aliphatic heterocycles. The molecule has 0 atom stereocenters. The number of carbonyl (C=O) groups is 1. The maximum atomic E-state index is 11.0. The van der Waals surface area contributed by atoms with Gasteiger partial charge in [-0.3, -0.25) is 4.79 Å². The molecule has 0 saturated carbocycles. The Bertz CT molecular complexity index is 425. The number of amides is 1. The molecule has 16 heavy (non-hydrogen) atoms. The van der Waals surface area contributed by atoms with Crippen molar-refractivity contribution in [2.75, 3.05) is 12.7 Å². The molecular formula is C10H9BrClNO3. The third kappa shape index (κ3) is 2.41. The van der Waals surface area contributed by atoms with Crippen LogP contribution in [0.2, 0.25) is 0 Å². The molecule has 0 spiro atoms. The van der Waals surface area contributed by atoms with Gasteiger partial charge in [0.2, 0.25) is 12.7 Å². The maximum absolute atomic E-state index is 11.0.